The van der Waals surface area contributed by atoms with E-state index in [0.29, 0.717) is 11.1 Å². The summed E-state index contributed by atoms with van der Waals surface area (Å²) in [6, 6.07) is 18.7. The Morgan fingerprint density at radius 3 is 1.14 bits per heavy atom. The van der Waals surface area contributed by atoms with Crippen molar-refractivity contribution in [3.63, 3.8) is 0 Å². The van der Waals surface area contributed by atoms with Crippen LogP contribution in [0.2, 0.25) is 0 Å². The minimum atomic E-state index is -3.99. The maximum absolute atomic E-state index is 13.0. The highest BCUT2D eigenvalue weighted by molar-refractivity contribution is 7.95. The van der Waals surface area contributed by atoms with Crippen LogP contribution in [0.5, 0.6) is 0 Å². The lowest BCUT2D eigenvalue weighted by Gasteiger charge is -2.10. The number of nitrogens with one attached hydrogen (secondary N) is 2. The van der Waals surface area contributed by atoms with Crippen molar-refractivity contribution >= 4 is 44.6 Å². The highest BCUT2D eigenvalue weighted by Gasteiger charge is 2.22. The van der Waals surface area contributed by atoms with Crippen LogP contribution < -0.4 is 10.6 Å². The predicted octanol–water partition coefficient (Wildman–Crippen LogP) is 3.34. The molecule has 3 aromatic rings. The van der Waals surface area contributed by atoms with Crippen LogP contribution in [0.3, 0.4) is 0 Å². The molecule has 0 aliphatic rings. The first kappa shape index (κ1) is 26.6. The smallest absolute Gasteiger partial charge is 0.221 e. The number of aryl methyl sites for hydroxylation is 2. The SMILES string of the molecule is Cc1ccc(S(=O)(=O)C(=Cc2ccc(C=C(NC=O)S(=O)(=O)c3ccc(C)cc3)cc2)NC=O)cc1. The Hall–Kier alpha value is -4.02. The van der Waals surface area contributed by atoms with Crippen LogP contribution >= 0.6 is 0 Å². The normalized spacial score (nSPS) is 12.6. The molecule has 0 heterocycles. The second kappa shape index (κ2) is 11.1. The van der Waals surface area contributed by atoms with E-state index in [1.165, 1.54) is 36.4 Å². The largest absolute Gasteiger partial charge is 0.319 e. The Morgan fingerprint density at radius 2 is 0.861 bits per heavy atom. The van der Waals surface area contributed by atoms with E-state index in [-0.39, 0.29) is 32.7 Å². The van der Waals surface area contributed by atoms with E-state index in [9.17, 15) is 26.4 Å². The number of amides is 2. The zero-order chi connectivity index (χ0) is 26.3. The number of rotatable bonds is 10. The van der Waals surface area contributed by atoms with Crippen LogP contribution in [-0.2, 0) is 29.3 Å². The summed E-state index contributed by atoms with van der Waals surface area (Å²) in [5.74, 6) is 0. The van der Waals surface area contributed by atoms with E-state index >= 15 is 0 Å². The maximum Gasteiger partial charge on any atom is 0.221 e. The van der Waals surface area contributed by atoms with Crippen molar-refractivity contribution in [2.24, 2.45) is 0 Å². The molecular weight excluding hydrogens is 500 g/mol. The summed E-state index contributed by atoms with van der Waals surface area (Å²) in [6.07, 6.45) is 3.15. The predicted molar refractivity (Wildman–Crippen MR) is 138 cm³/mol. The fourth-order valence-electron chi connectivity index (χ4n) is 3.19. The molecule has 3 aromatic carbocycles. The van der Waals surface area contributed by atoms with Gasteiger partial charge in [0.1, 0.15) is 10.1 Å². The Labute approximate surface area is 210 Å². The summed E-state index contributed by atoms with van der Waals surface area (Å²) in [7, 11) is -7.98. The molecule has 3 rings (SSSR count). The van der Waals surface area contributed by atoms with E-state index in [0.717, 1.165) is 11.1 Å². The molecule has 8 nitrogen and oxygen atoms in total. The standard InChI is InChI=1S/C26H24N2O6S2/c1-19-3-11-23(12-4-19)35(31,32)25(27-17-29)15-21-7-9-22(10-8-21)16-26(28-18-30)36(33,34)24-13-5-20(2)6-14-24/h3-18H,1-2H3,(H,27,29)(H,28,30). The number of benzene rings is 3. The molecule has 0 aliphatic heterocycles. The van der Waals surface area contributed by atoms with Gasteiger partial charge in [-0.25, -0.2) is 16.8 Å². The van der Waals surface area contributed by atoms with Crippen LogP contribution in [0, 0.1) is 13.8 Å². The first-order chi connectivity index (χ1) is 17.1. The fraction of sp³-hybridized carbons (Fsp3) is 0.0769. The van der Waals surface area contributed by atoms with Crippen molar-refractivity contribution in [1.29, 1.82) is 0 Å². The van der Waals surface area contributed by atoms with Gasteiger partial charge >= 0.3 is 0 Å². The quantitative estimate of drug-likeness (QED) is 0.392. The summed E-state index contributed by atoms with van der Waals surface area (Å²) in [5.41, 5.74) is 2.66. The first-order valence-electron chi connectivity index (χ1n) is 10.7. The average molecular weight is 525 g/mol. The van der Waals surface area contributed by atoms with Crippen molar-refractivity contribution in [3.8, 4) is 0 Å². The molecule has 0 aliphatic carbocycles. The molecule has 0 saturated heterocycles. The maximum atomic E-state index is 13.0. The lowest BCUT2D eigenvalue weighted by atomic mass is 10.1. The van der Waals surface area contributed by atoms with Crippen LogP contribution in [0.25, 0.3) is 12.2 Å². The minimum absolute atomic E-state index is 0.0270. The van der Waals surface area contributed by atoms with Crippen LogP contribution in [-0.4, -0.2) is 29.7 Å². The number of carbonyl (C=O) groups excluding carboxylic acids is 2. The van der Waals surface area contributed by atoms with Gasteiger partial charge in [0, 0.05) is 0 Å². The molecular formula is C26H24N2O6S2. The van der Waals surface area contributed by atoms with Crippen molar-refractivity contribution in [2.75, 3.05) is 0 Å². The Balaban J connectivity index is 1.96. The van der Waals surface area contributed by atoms with Gasteiger partial charge in [0.2, 0.25) is 32.5 Å². The molecule has 0 aromatic heterocycles. The van der Waals surface area contributed by atoms with Gasteiger partial charge in [-0.05, 0) is 61.4 Å². The third-order valence-electron chi connectivity index (χ3n) is 5.18. The van der Waals surface area contributed by atoms with E-state index in [2.05, 4.69) is 10.6 Å². The van der Waals surface area contributed by atoms with Crippen LogP contribution in [0.4, 0.5) is 0 Å². The van der Waals surface area contributed by atoms with Gasteiger partial charge < -0.3 is 10.6 Å². The Kier molecular flexibility index (Phi) is 8.23. The molecule has 186 valence electrons. The summed E-state index contributed by atoms with van der Waals surface area (Å²) in [4.78, 5) is 22.2. The van der Waals surface area contributed by atoms with E-state index in [1.54, 1.807) is 48.5 Å². The van der Waals surface area contributed by atoms with Crippen LogP contribution in [0.15, 0.2) is 92.6 Å². The number of sulfone groups is 2. The monoisotopic (exact) mass is 524 g/mol. The lowest BCUT2D eigenvalue weighted by Crippen LogP contribution is -2.19. The molecule has 0 fully saturated rings. The van der Waals surface area contributed by atoms with Gasteiger partial charge in [-0.15, -0.1) is 0 Å². The van der Waals surface area contributed by atoms with Gasteiger partial charge in [0.25, 0.3) is 0 Å². The molecule has 2 amide bonds. The zero-order valence-corrected chi connectivity index (χ0v) is 21.1. The molecule has 36 heavy (non-hydrogen) atoms. The number of hydrogen-bond acceptors (Lipinski definition) is 6. The summed E-state index contributed by atoms with van der Waals surface area (Å²) < 4.78 is 51.9. The molecule has 0 atom stereocenters. The van der Waals surface area contributed by atoms with Crippen molar-refractivity contribution < 1.29 is 26.4 Å². The second-order valence-corrected chi connectivity index (χ2v) is 11.7. The molecule has 10 heteroatoms. The van der Waals surface area contributed by atoms with E-state index < -0.39 is 19.7 Å². The molecule has 0 spiro atoms. The number of carbonyl (C=O) groups is 2. The van der Waals surface area contributed by atoms with Gasteiger partial charge in [-0.1, -0.05) is 59.7 Å². The highest BCUT2D eigenvalue weighted by Crippen LogP contribution is 2.23. The highest BCUT2D eigenvalue weighted by atomic mass is 32.2. The zero-order valence-electron chi connectivity index (χ0n) is 19.5. The Morgan fingerprint density at radius 1 is 0.556 bits per heavy atom. The summed E-state index contributed by atoms with van der Waals surface area (Å²) in [6.45, 7) is 3.66. The third kappa shape index (κ3) is 6.15. The fourth-order valence-corrected chi connectivity index (χ4v) is 5.68. The molecule has 0 radical (unpaired) electrons. The van der Waals surface area contributed by atoms with Gasteiger partial charge in [0.05, 0.1) is 9.79 Å². The van der Waals surface area contributed by atoms with Crippen molar-refractivity contribution in [3.05, 3.63) is 105 Å². The minimum Gasteiger partial charge on any atom is -0.319 e. The molecule has 0 bridgehead atoms. The number of hydrogen-bond donors (Lipinski definition) is 2. The van der Waals surface area contributed by atoms with Gasteiger partial charge in [-0.2, -0.15) is 0 Å². The van der Waals surface area contributed by atoms with Gasteiger partial charge in [-0.3, -0.25) is 9.59 Å². The second-order valence-electron chi connectivity index (χ2n) is 7.84. The van der Waals surface area contributed by atoms with Crippen molar-refractivity contribution in [2.45, 2.75) is 23.6 Å². The summed E-state index contributed by atoms with van der Waals surface area (Å²) >= 11 is 0. The topological polar surface area (TPSA) is 126 Å². The molecule has 0 unspecified atom stereocenters. The van der Waals surface area contributed by atoms with E-state index in [1.807, 2.05) is 13.8 Å². The summed E-state index contributed by atoms with van der Waals surface area (Å²) in [5, 5.41) is 3.86. The molecule has 2 N–H and O–H groups in total. The Bertz CT molecular complexity index is 1400. The van der Waals surface area contributed by atoms with Crippen LogP contribution in [0.1, 0.15) is 22.3 Å². The van der Waals surface area contributed by atoms with Crippen molar-refractivity contribution in [1.82, 2.24) is 10.6 Å². The lowest BCUT2D eigenvalue weighted by molar-refractivity contribution is -0.109. The third-order valence-corrected chi connectivity index (χ3v) is 8.59. The van der Waals surface area contributed by atoms with Gasteiger partial charge in [0.15, 0.2) is 0 Å². The molecule has 0 saturated carbocycles. The average Bonchev–Trinajstić information content (AvgIpc) is 2.85. The first-order valence-corrected chi connectivity index (χ1v) is 13.6. The van der Waals surface area contributed by atoms with E-state index in [4.69, 9.17) is 0 Å².